The van der Waals surface area contributed by atoms with Crippen molar-refractivity contribution >= 4 is 0 Å². The summed E-state index contributed by atoms with van der Waals surface area (Å²) >= 11 is 0. The Labute approximate surface area is 70.8 Å². The molecule has 0 spiro atoms. The number of imidazole rings is 1. The van der Waals surface area contributed by atoms with Crippen LogP contribution >= 0.6 is 0 Å². The van der Waals surface area contributed by atoms with Gasteiger partial charge < -0.3 is 14.4 Å². The maximum Gasteiger partial charge on any atom is 0.0949 e. The molecule has 12 heavy (non-hydrogen) atoms. The lowest BCUT2D eigenvalue weighted by molar-refractivity contribution is -0.0598. The van der Waals surface area contributed by atoms with Crippen LogP contribution in [0.25, 0.3) is 0 Å². The van der Waals surface area contributed by atoms with Gasteiger partial charge in [-0.3, -0.25) is 0 Å². The predicted octanol–water partition coefficient (Wildman–Crippen LogP) is 0.164. The van der Waals surface area contributed by atoms with Crippen LogP contribution in [-0.4, -0.2) is 27.4 Å². The van der Waals surface area contributed by atoms with Crippen LogP contribution in [0.5, 0.6) is 0 Å². The summed E-state index contributed by atoms with van der Waals surface area (Å²) in [7, 11) is 0. The molecule has 2 heterocycles. The number of hydrogen-bond acceptors (Lipinski definition) is 3. The second-order valence-corrected chi connectivity index (χ2v) is 2.98. The molecule has 0 radical (unpaired) electrons. The average Bonchev–Trinajstić information content (AvgIpc) is 2.43. The monoisotopic (exact) mass is 168 g/mol. The number of hydrogen-bond donors (Lipinski definition) is 1. The first-order valence-corrected chi connectivity index (χ1v) is 4.11. The third kappa shape index (κ3) is 1.35. The van der Waals surface area contributed by atoms with Gasteiger partial charge in [0.25, 0.3) is 0 Å². The van der Waals surface area contributed by atoms with Crippen LogP contribution in [0, 0.1) is 0 Å². The van der Waals surface area contributed by atoms with E-state index in [-0.39, 0.29) is 6.61 Å². The van der Waals surface area contributed by atoms with Crippen molar-refractivity contribution in [1.82, 2.24) is 9.55 Å². The van der Waals surface area contributed by atoms with Gasteiger partial charge in [-0.2, -0.15) is 0 Å². The van der Waals surface area contributed by atoms with E-state index < -0.39 is 0 Å². The van der Waals surface area contributed by atoms with Crippen LogP contribution in [0.2, 0.25) is 0 Å². The van der Waals surface area contributed by atoms with Crippen LogP contribution < -0.4 is 0 Å². The van der Waals surface area contributed by atoms with E-state index in [9.17, 15) is 0 Å². The fraction of sp³-hybridized carbons (Fsp3) is 0.625. The maximum atomic E-state index is 8.91. The Bertz CT molecular complexity index is 255. The van der Waals surface area contributed by atoms with E-state index in [1.54, 1.807) is 12.5 Å². The highest BCUT2D eigenvalue weighted by Crippen LogP contribution is 2.14. The third-order valence-corrected chi connectivity index (χ3v) is 2.15. The van der Waals surface area contributed by atoms with E-state index in [0.717, 1.165) is 25.3 Å². The summed E-state index contributed by atoms with van der Waals surface area (Å²) in [5.74, 6) is 0. The van der Waals surface area contributed by atoms with Gasteiger partial charge in [0, 0.05) is 6.61 Å². The summed E-state index contributed by atoms with van der Waals surface area (Å²) in [6.07, 6.45) is 4.85. The maximum absolute atomic E-state index is 8.91. The van der Waals surface area contributed by atoms with Gasteiger partial charge in [-0.05, 0) is 6.42 Å². The first-order valence-electron chi connectivity index (χ1n) is 4.11. The van der Waals surface area contributed by atoms with Gasteiger partial charge in [-0.15, -0.1) is 0 Å². The molecular formula is C8H12N2O2. The van der Waals surface area contributed by atoms with Crippen molar-refractivity contribution in [3.8, 4) is 0 Å². The Morgan fingerprint density at radius 3 is 3.17 bits per heavy atom. The zero-order valence-corrected chi connectivity index (χ0v) is 6.81. The number of ether oxygens (including phenoxy) is 1. The lowest BCUT2D eigenvalue weighted by atomic mass is 10.2. The van der Waals surface area contributed by atoms with Crippen molar-refractivity contribution < 1.29 is 9.84 Å². The van der Waals surface area contributed by atoms with Gasteiger partial charge in [-0.1, -0.05) is 0 Å². The van der Waals surface area contributed by atoms with Crippen molar-refractivity contribution in [3.63, 3.8) is 0 Å². The standard InChI is InChI=1S/C8H12N2O2/c11-5-7-3-9-6-10(7)4-8-1-2-12-8/h3,6,8,11H,1-2,4-5H2. The SMILES string of the molecule is OCc1cncn1CC1CCO1. The van der Waals surface area contributed by atoms with Crippen molar-refractivity contribution in [2.75, 3.05) is 6.61 Å². The van der Waals surface area contributed by atoms with Gasteiger partial charge in [0.2, 0.25) is 0 Å². The summed E-state index contributed by atoms with van der Waals surface area (Å²) in [5.41, 5.74) is 0.852. The quantitative estimate of drug-likeness (QED) is 0.699. The predicted molar refractivity (Wildman–Crippen MR) is 42.5 cm³/mol. The average molecular weight is 168 g/mol. The zero-order valence-electron chi connectivity index (χ0n) is 6.81. The Hall–Kier alpha value is -0.870. The molecule has 2 rings (SSSR count). The minimum absolute atomic E-state index is 0.0483. The number of nitrogens with zero attached hydrogens (tertiary/aromatic N) is 2. The second kappa shape index (κ2) is 3.25. The van der Waals surface area contributed by atoms with Gasteiger partial charge in [0.15, 0.2) is 0 Å². The fourth-order valence-corrected chi connectivity index (χ4v) is 1.29. The second-order valence-electron chi connectivity index (χ2n) is 2.98. The summed E-state index contributed by atoms with van der Waals surface area (Å²) in [4.78, 5) is 3.95. The molecule has 4 nitrogen and oxygen atoms in total. The first-order chi connectivity index (χ1) is 5.90. The molecule has 1 aliphatic heterocycles. The highest BCUT2D eigenvalue weighted by atomic mass is 16.5. The molecular weight excluding hydrogens is 156 g/mol. The lowest BCUT2D eigenvalue weighted by Gasteiger charge is -2.27. The Balaban J connectivity index is 2.00. The molecule has 0 bridgehead atoms. The Kier molecular flexibility index (Phi) is 2.10. The molecule has 1 N–H and O–H groups in total. The van der Waals surface area contributed by atoms with Crippen LogP contribution in [0.15, 0.2) is 12.5 Å². The Morgan fingerprint density at radius 2 is 2.58 bits per heavy atom. The summed E-state index contributed by atoms with van der Waals surface area (Å²) in [6.45, 7) is 1.73. The summed E-state index contributed by atoms with van der Waals surface area (Å²) in [5, 5.41) is 8.91. The molecule has 66 valence electrons. The number of aromatic nitrogens is 2. The molecule has 1 aliphatic rings. The van der Waals surface area contributed by atoms with Crippen molar-refractivity contribution in [1.29, 1.82) is 0 Å². The fourth-order valence-electron chi connectivity index (χ4n) is 1.29. The number of aliphatic hydroxyl groups is 1. The largest absolute Gasteiger partial charge is 0.390 e. The molecule has 0 aromatic carbocycles. The van der Waals surface area contributed by atoms with Crippen LogP contribution in [0.3, 0.4) is 0 Å². The van der Waals surface area contributed by atoms with E-state index >= 15 is 0 Å². The molecule has 4 heteroatoms. The minimum atomic E-state index is 0.0483. The van der Waals surface area contributed by atoms with Crippen LogP contribution in [0.4, 0.5) is 0 Å². The van der Waals surface area contributed by atoms with Gasteiger partial charge >= 0.3 is 0 Å². The van der Waals surface area contributed by atoms with E-state index in [2.05, 4.69) is 4.98 Å². The Morgan fingerprint density at radius 1 is 1.75 bits per heavy atom. The number of rotatable bonds is 3. The zero-order chi connectivity index (χ0) is 8.39. The van der Waals surface area contributed by atoms with E-state index in [1.807, 2.05) is 4.57 Å². The molecule has 1 atom stereocenters. The first kappa shape index (κ1) is 7.76. The molecule has 1 fully saturated rings. The summed E-state index contributed by atoms with van der Waals surface area (Å²) < 4.78 is 7.21. The highest BCUT2D eigenvalue weighted by molar-refractivity contribution is 4.96. The van der Waals surface area contributed by atoms with Gasteiger partial charge in [0.05, 0.1) is 37.5 Å². The van der Waals surface area contributed by atoms with Crippen molar-refractivity contribution in [2.24, 2.45) is 0 Å². The van der Waals surface area contributed by atoms with E-state index in [4.69, 9.17) is 9.84 Å². The van der Waals surface area contributed by atoms with Gasteiger partial charge in [-0.25, -0.2) is 4.98 Å². The molecule has 0 amide bonds. The minimum Gasteiger partial charge on any atom is -0.390 e. The normalized spacial score (nSPS) is 22.2. The molecule has 1 unspecified atom stereocenters. The molecule has 1 aromatic heterocycles. The van der Waals surface area contributed by atoms with E-state index in [1.165, 1.54) is 0 Å². The van der Waals surface area contributed by atoms with Crippen LogP contribution in [-0.2, 0) is 17.9 Å². The van der Waals surface area contributed by atoms with E-state index in [0.29, 0.717) is 6.10 Å². The molecule has 1 aromatic rings. The third-order valence-electron chi connectivity index (χ3n) is 2.15. The summed E-state index contributed by atoms with van der Waals surface area (Å²) in [6, 6.07) is 0. The number of aliphatic hydroxyl groups excluding tert-OH is 1. The lowest BCUT2D eigenvalue weighted by Crippen LogP contribution is -2.31. The molecule has 0 aliphatic carbocycles. The smallest absolute Gasteiger partial charge is 0.0949 e. The van der Waals surface area contributed by atoms with Crippen LogP contribution in [0.1, 0.15) is 12.1 Å². The highest BCUT2D eigenvalue weighted by Gasteiger charge is 2.19. The van der Waals surface area contributed by atoms with Crippen molar-refractivity contribution in [2.45, 2.75) is 25.7 Å². The van der Waals surface area contributed by atoms with Crippen molar-refractivity contribution in [3.05, 3.63) is 18.2 Å². The molecule has 1 saturated heterocycles. The molecule has 0 saturated carbocycles. The van der Waals surface area contributed by atoms with Gasteiger partial charge in [0.1, 0.15) is 0 Å². The topological polar surface area (TPSA) is 47.3 Å².